The Morgan fingerprint density at radius 3 is 2.47 bits per heavy atom. The van der Waals surface area contributed by atoms with Crippen LogP contribution in [-0.4, -0.2) is 5.71 Å². The van der Waals surface area contributed by atoms with E-state index in [9.17, 15) is 0 Å². The first-order valence-corrected chi connectivity index (χ1v) is 6.37. The minimum Gasteiger partial charge on any atom is -0.402 e. The van der Waals surface area contributed by atoms with Crippen molar-refractivity contribution in [3.8, 4) is 0 Å². The molecule has 0 amide bonds. The van der Waals surface area contributed by atoms with Crippen LogP contribution in [0.2, 0.25) is 0 Å². The van der Waals surface area contributed by atoms with Crippen molar-refractivity contribution in [2.45, 2.75) is 27.7 Å². The lowest BCUT2D eigenvalue weighted by molar-refractivity contribution is 1.28. The van der Waals surface area contributed by atoms with Gasteiger partial charge in [0, 0.05) is 23.2 Å². The van der Waals surface area contributed by atoms with Crippen molar-refractivity contribution in [1.29, 1.82) is 0 Å². The fourth-order valence-electron chi connectivity index (χ4n) is 2.16. The number of allylic oxidation sites excluding steroid dienone is 4. The van der Waals surface area contributed by atoms with Crippen LogP contribution in [0.15, 0.2) is 59.4 Å². The van der Waals surface area contributed by atoms with Crippen molar-refractivity contribution < 1.29 is 0 Å². The smallest absolute Gasteiger partial charge is 0.0467 e. The summed E-state index contributed by atoms with van der Waals surface area (Å²) in [5.41, 5.74) is 12.1. The summed E-state index contributed by atoms with van der Waals surface area (Å²) < 4.78 is 0. The van der Waals surface area contributed by atoms with Crippen molar-refractivity contribution in [2.75, 3.05) is 0 Å². The van der Waals surface area contributed by atoms with Crippen LogP contribution in [-0.2, 0) is 0 Å². The second-order valence-electron chi connectivity index (χ2n) is 4.53. The lowest BCUT2D eigenvalue weighted by Gasteiger charge is -2.14. The molecule has 0 spiro atoms. The third-order valence-corrected chi connectivity index (χ3v) is 2.93. The molecule has 100 valence electrons. The number of benzene rings is 1. The second kappa shape index (κ2) is 6.74. The molecule has 0 aliphatic heterocycles. The van der Waals surface area contributed by atoms with Crippen LogP contribution in [0.1, 0.15) is 31.9 Å². The molecule has 0 aromatic heterocycles. The van der Waals surface area contributed by atoms with Crippen molar-refractivity contribution in [2.24, 2.45) is 10.7 Å². The van der Waals surface area contributed by atoms with E-state index < -0.39 is 0 Å². The van der Waals surface area contributed by atoms with Gasteiger partial charge in [0.1, 0.15) is 0 Å². The maximum absolute atomic E-state index is 6.04. The molecule has 0 aliphatic rings. The Hall–Kier alpha value is -2.09. The molecule has 0 heterocycles. The zero-order valence-electron chi connectivity index (χ0n) is 12.2. The maximum Gasteiger partial charge on any atom is 0.0467 e. The molecule has 0 bridgehead atoms. The largest absolute Gasteiger partial charge is 0.402 e. The third-order valence-electron chi connectivity index (χ3n) is 2.93. The first-order valence-electron chi connectivity index (χ1n) is 6.37. The molecule has 1 aromatic rings. The minimum atomic E-state index is 0.762. The number of rotatable bonds is 4. The van der Waals surface area contributed by atoms with Gasteiger partial charge < -0.3 is 5.73 Å². The molecule has 0 saturated heterocycles. The minimum absolute atomic E-state index is 0.762. The van der Waals surface area contributed by atoms with Gasteiger partial charge in [0.2, 0.25) is 0 Å². The number of nitrogens with two attached hydrogens (primary N) is 1. The Labute approximate surface area is 116 Å². The molecule has 1 aromatic carbocycles. The first-order chi connectivity index (χ1) is 9.01. The highest BCUT2D eigenvalue weighted by atomic mass is 14.7. The summed E-state index contributed by atoms with van der Waals surface area (Å²) in [5.74, 6) is 0. The molecule has 0 aliphatic carbocycles. The Bertz CT molecular complexity index is 556. The maximum atomic E-state index is 6.04. The monoisotopic (exact) mass is 254 g/mol. The van der Waals surface area contributed by atoms with Crippen LogP contribution in [0.5, 0.6) is 0 Å². The summed E-state index contributed by atoms with van der Waals surface area (Å²) in [6.45, 7) is 11.6. The van der Waals surface area contributed by atoms with E-state index in [4.69, 9.17) is 5.73 Å². The van der Waals surface area contributed by atoms with Gasteiger partial charge in [-0.2, -0.15) is 0 Å². The Morgan fingerprint density at radius 1 is 1.32 bits per heavy atom. The van der Waals surface area contributed by atoms with Crippen molar-refractivity contribution >= 4 is 11.3 Å². The average Bonchev–Trinajstić information content (AvgIpc) is 2.35. The molecule has 19 heavy (non-hydrogen) atoms. The third kappa shape index (κ3) is 3.68. The van der Waals surface area contributed by atoms with E-state index in [-0.39, 0.29) is 0 Å². The van der Waals surface area contributed by atoms with Crippen LogP contribution in [0.4, 0.5) is 0 Å². The summed E-state index contributed by atoms with van der Waals surface area (Å²) in [6, 6.07) is 8.38. The molecule has 2 heteroatoms. The standard InChI is InChI=1S/C17H22N2/c1-6-16(15-10-8-9-12(3)11-15)17(13(4)18)14(5)19-7-2/h6-11H,2,18H2,1,3-5H3/b16-6-,17-13-,19-14?. The number of hydrogen-bond acceptors (Lipinski definition) is 2. The quantitative estimate of drug-likeness (QED) is 0.633. The zero-order valence-corrected chi connectivity index (χ0v) is 12.2. The Kier molecular flexibility index (Phi) is 5.31. The summed E-state index contributed by atoms with van der Waals surface area (Å²) in [6.07, 6.45) is 3.62. The molecule has 0 atom stereocenters. The molecule has 2 N–H and O–H groups in total. The molecule has 2 nitrogen and oxygen atoms in total. The second-order valence-corrected chi connectivity index (χ2v) is 4.53. The molecule has 0 unspecified atom stereocenters. The van der Waals surface area contributed by atoms with Gasteiger partial charge in [0.15, 0.2) is 0 Å². The SMILES string of the molecule is C=CN=C(C)C(/C(=C\C)c1cccc(C)c1)=C(\C)N. The van der Waals surface area contributed by atoms with E-state index in [1.807, 2.05) is 20.8 Å². The van der Waals surface area contributed by atoms with Crippen molar-refractivity contribution in [3.63, 3.8) is 0 Å². The average molecular weight is 254 g/mol. The van der Waals surface area contributed by atoms with Crippen molar-refractivity contribution in [3.05, 3.63) is 65.5 Å². The van der Waals surface area contributed by atoms with E-state index in [1.165, 1.54) is 5.56 Å². The fraction of sp³-hybridized carbons (Fsp3) is 0.235. The van der Waals surface area contributed by atoms with Crippen molar-refractivity contribution in [1.82, 2.24) is 0 Å². The van der Waals surface area contributed by atoms with E-state index >= 15 is 0 Å². The predicted molar refractivity (Wildman–Crippen MR) is 85.0 cm³/mol. The van der Waals surface area contributed by atoms with Gasteiger partial charge in [-0.15, -0.1) is 0 Å². The van der Waals surface area contributed by atoms with Crippen LogP contribution < -0.4 is 5.73 Å². The number of aryl methyl sites for hydroxylation is 1. The van der Waals surface area contributed by atoms with E-state index in [1.54, 1.807) is 6.20 Å². The van der Waals surface area contributed by atoms with Gasteiger partial charge in [-0.25, -0.2) is 0 Å². The topological polar surface area (TPSA) is 38.4 Å². The van der Waals surface area contributed by atoms with Gasteiger partial charge in [0.05, 0.1) is 0 Å². The van der Waals surface area contributed by atoms with Gasteiger partial charge in [0.25, 0.3) is 0 Å². The summed E-state index contributed by atoms with van der Waals surface area (Å²) in [4.78, 5) is 4.26. The molecule has 0 fully saturated rings. The van der Waals surface area contributed by atoms with Crippen LogP contribution in [0.3, 0.4) is 0 Å². The van der Waals surface area contributed by atoms with Gasteiger partial charge >= 0.3 is 0 Å². The number of hydrogen-bond donors (Lipinski definition) is 1. The van der Waals surface area contributed by atoms with Gasteiger partial charge in [-0.1, -0.05) is 42.5 Å². The van der Waals surface area contributed by atoms with E-state index in [2.05, 4.69) is 48.8 Å². The summed E-state index contributed by atoms with van der Waals surface area (Å²) in [5, 5.41) is 0. The number of nitrogens with zero attached hydrogens (tertiary/aromatic N) is 1. The van der Waals surface area contributed by atoms with Crippen LogP contribution in [0, 0.1) is 6.92 Å². The molecular weight excluding hydrogens is 232 g/mol. The normalized spacial score (nSPS) is 14.1. The fourth-order valence-corrected chi connectivity index (χ4v) is 2.16. The number of aliphatic imine (C=N–C) groups is 1. The Balaban J connectivity index is 3.41. The highest BCUT2D eigenvalue weighted by molar-refractivity contribution is 6.12. The summed E-state index contributed by atoms with van der Waals surface area (Å²) >= 11 is 0. The van der Waals surface area contributed by atoms with E-state index in [0.29, 0.717) is 0 Å². The van der Waals surface area contributed by atoms with Crippen LogP contribution in [0.25, 0.3) is 5.57 Å². The van der Waals surface area contributed by atoms with Gasteiger partial charge in [-0.05, 0) is 38.8 Å². The van der Waals surface area contributed by atoms with Crippen LogP contribution >= 0.6 is 0 Å². The lowest BCUT2D eigenvalue weighted by Crippen LogP contribution is -2.08. The highest BCUT2D eigenvalue weighted by Crippen LogP contribution is 2.26. The van der Waals surface area contributed by atoms with E-state index in [0.717, 1.165) is 28.1 Å². The summed E-state index contributed by atoms with van der Waals surface area (Å²) in [7, 11) is 0. The lowest BCUT2D eigenvalue weighted by atomic mass is 9.92. The zero-order chi connectivity index (χ0) is 14.4. The highest BCUT2D eigenvalue weighted by Gasteiger charge is 2.12. The molecule has 0 saturated carbocycles. The molecule has 1 rings (SSSR count). The molecule has 0 radical (unpaired) electrons. The predicted octanol–water partition coefficient (Wildman–Crippen LogP) is 4.24. The first kappa shape index (κ1) is 15.0. The molecular formula is C17H22N2. The Morgan fingerprint density at radius 2 is 2.00 bits per heavy atom. The van der Waals surface area contributed by atoms with Gasteiger partial charge in [-0.3, -0.25) is 4.99 Å².